The van der Waals surface area contributed by atoms with Gasteiger partial charge in [0, 0.05) is 12.6 Å². The fourth-order valence-corrected chi connectivity index (χ4v) is 0.933. The van der Waals surface area contributed by atoms with Gasteiger partial charge < -0.3 is 5.73 Å². The van der Waals surface area contributed by atoms with Crippen LogP contribution in [0.2, 0.25) is 0 Å². The maximum atomic E-state index is 5.61. The minimum atomic E-state index is 0.591. The van der Waals surface area contributed by atoms with Crippen molar-refractivity contribution in [2.45, 2.75) is 20.8 Å². The van der Waals surface area contributed by atoms with Crippen molar-refractivity contribution >= 4 is 5.84 Å². The Hall–Kier alpha value is -1.31. The number of benzene rings is 1. The van der Waals surface area contributed by atoms with Crippen molar-refractivity contribution in [2.24, 2.45) is 10.7 Å². The summed E-state index contributed by atoms with van der Waals surface area (Å²) in [5.74, 6) is 0.591. The molecule has 2 heteroatoms. The second-order valence-electron chi connectivity index (χ2n) is 2.48. The summed E-state index contributed by atoms with van der Waals surface area (Å²) in [7, 11) is 1.69. The molecule has 0 aliphatic heterocycles. The summed E-state index contributed by atoms with van der Waals surface area (Å²) in [5, 5.41) is 0. The molecule has 0 aromatic heterocycles. The summed E-state index contributed by atoms with van der Waals surface area (Å²) in [4.78, 5) is 3.89. The number of nitrogens with zero attached hydrogens (tertiary/aromatic N) is 1. The molecular weight excluding hydrogens is 160 g/mol. The van der Waals surface area contributed by atoms with Crippen molar-refractivity contribution < 1.29 is 0 Å². The smallest absolute Gasteiger partial charge is 0.125 e. The molecule has 0 bridgehead atoms. The van der Waals surface area contributed by atoms with Gasteiger partial charge >= 0.3 is 0 Å². The summed E-state index contributed by atoms with van der Waals surface area (Å²) < 4.78 is 0. The van der Waals surface area contributed by atoms with E-state index in [9.17, 15) is 0 Å². The van der Waals surface area contributed by atoms with Gasteiger partial charge in [-0.3, -0.25) is 4.99 Å². The van der Waals surface area contributed by atoms with Gasteiger partial charge in [-0.15, -0.1) is 0 Å². The second kappa shape index (κ2) is 6.23. The maximum absolute atomic E-state index is 5.61. The normalized spacial score (nSPS) is 10.3. The molecule has 0 aliphatic carbocycles. The van der Waals surface area contributed by atoms with Crippen LogP contribution in [0.5, 0.6) is 0 Å². The van der Waals surface area contributed by atoms with E-state index < -0.39 is 0 Å². The zero-order valence-corrected chi connectivity index (χ0v) is 8.83. The van der Waals surface area contributed by atoms with Crippen LogP contribution in [0, 0.1) is 6.92 Å². The van der Waals surface area contributed by atoms with E-state index in [4.69, 9.17) is 5.73 Å². The number of aryl methyl sites for hydroxylation is 1. The number of hydrogen-bond donors (Lipinski definition) is 1. The molecule has 0 heterocycles. The minimum Gasteiger partial charge on any atom is -0.384 e. The quantitative estimate of drug-likeness (QED) is 0.520. The van der Waals surface area contributed by atoms with Crippen molar-refractivity contribution in [3.8, 4) is 0 Å². The predicted molar refractivity (Wildman–Crippen MR) is 59.2 cm³/mol. The molecule has 0 radical (unpaired) electrons. The number of hydrogen-bond acceptors (Lipinski definition) is 1. The second-order valence-corrected chi connectivity index (χ2v) is 2.48. The summed E-state index contributed by atoms with van der Waals surface area (Å²) >= 11 is 0. The molecule has 1 rings (SSSR count). The average Bonchev–Trinajstić information content (AvgIpc) is 2.20. The van der Waals surface area contributed by atoms with Crippen LogP contribution in [-0.2, 0) is 0 Å². The van der Waals surface area contributed by atoms with E-state index in [1.54, 1.807) is 7.05 Å². The molecule has 0 amide bonds. The Labute approximate surface area is 80.5 Å². The fourth-order valence-electron chi connectivity index (χ4n) is 0.933. The Morgan fingerprint density at radius 2 is 1.92 bits per heavy atom. The van der Waals surface area contributed by atoms with Crippen LogP contribution in [-0.4, -0.2) is 12.9 Å². The molecule has 0 saturated carbocycles. The van der Waals surface area contributed by atoms with Gasteiger partial charge in [-0.25, -0.2) is 0 Å². The monoisotopic (exact) mass is 178 g/mol. The number of aliphatic imine (C=N–C) groups is 1. The summed E-state index contributed by atoms with van der Waals surface area (Å²) in [6.07, 6.45) is 0. The molecule has 13 heavy (non-hydrogen) atoms. The van der Waals surface area contributed by atoms with Crippen molar-refractivity contribution in [3.63, 3.8) is 0 Å². The lowest BCUT2D eigenvalue weighted by Gasteiger charge is -1.99. The van der Waals surface area contributed by atoms with Gasteiger partial charge in [-0.1, -0.05) is 37.6 Å². The number of amidine groups is 1. The summed E-state index contributed by atoms with van der Waals surface area (Å²) in [6, 6.07) is 7.98. The lowest BCUT2D eigenvalue weighted by Crippen LogP contribution is -2.12. The zero-order valence-electron chi connectivity index (χ0n) is 8.83. The third kappa shape index (κ3) is 3.74. The van der Waals surface area contributed by atoms with Gasteiger partial charge in [-0.05, 0) is 13.0 Å². The van der Waals surface area contributed by atoms with Crippen LogP contribution in [0.4, 0.5) is 0 Å². The Kier molecular flexibility index (Phi) is 5.60. The Balaban J connectivity index is 0.000000671. The van der Waals surface area contributed by atoms with Crippen LogP contribution < -0.4 is 5.73 Å². The van der Waals surface area contributed by atoms with E-state index in [0.29, 0.717) is 5.84 Å². The lowest BCUT2D eigenvalue weighted by molar-refractivity contribution is 1.37. The highest BCUT2D eigenvalue weighted by Crippen LogP contribution is 2.02. The molecule has 0 spiro atoms. The lowest BCUT2D eigenvalue weighted by atomic mass is 10.1. The molecule has 1 aromatic rings. The third-order valence-electron chi connectivity index (χ3n) is 1.55. The maximum Gasteiger partial charge on any atom is 0.125 e. The molecule has 0 fully saturated rings. The van der Waals surface area contributed by atoms with Crippen molar-refractivity contribution in [1.29, 1.82) is 0 Å². The zero-order chi connectivity index (χ0) is 10.3. The van der Waals surface area contributed by atoms with E-state index in [0.717, 1.165) is 5.56 Å². The van der Waals surface area contributed by atoms with Gasteiger partial charge in [0.25, 0.3) is 0 Å². The Morgan fingerprint density at radius 1 is 1.31 bits per heavy atom. The molecule has 0 atom stereocenters. The standard InChI is InChI=1S/C9H12N2.C2H6/c1-7-4-3-5-8(6-7)9(10)11-2;1-2/h3-6H,1-2H3,(H2,10,11);1-2H3. The first-order valence-corrected chi connectivity index (χ1v) is 4.53. The molecule has 0 unspecified atom stereocenters. The SMILES string of the molecule is CC.CN=C(N)c1cccc(C)c1. The van der Waals surface area contributed by atoms with Gasteiger partial charge in [0.1, 0.15) is 5.84 Å². The van der Waals surface area contributed by atoms with Crippen molar-refractivity contribution in [2.75, 3.05) is 7.05 Å². The van der Waals surface area contributed by atoms with Gasteiger partial charge in [0.2, 0.25) is 0 Å². The molecule has 0 saturated heterocycles. The number of nitrogens with two attached hydrogens (primary N) is 1. The first kappa shape index (κ1) is 11.7. The van der Waals surface area contributed by atoms with E-state index in [1.807, 2.05) is 45.0 Å². The highest BCUT2D eigenvalue weighted by Gasteiger charge is 1.94. The molecule has 2 N–H and O–H groups in total. The summed E-state index contributed by atoms with van der Waals surface area (Å²) in [6.45, 7) is 6.03. The van der Waals surface area contributed by atoms with E-state index in [1.165, 1.54) is 5.56 Å². The Bertz CT molecular complexity index is 277. The molecule has 72 valence electrons. The first-order chi connectivity index (χ1) is 6.24. The minimum absolute atomic E-state index is 0.591. The van der Waals surface area contributed by atoms with Gasteiger partial charge in [-0.2, -0.15) is 0 Å². The van der Waals surface area contributed by atoms with E-state index in [-0.39, 0.29) is 0 Å². The highest BCUT2D eigenvalue weighted by atomic mass is 14.8. The fraction of sp³-hybridized carbons (Fsp3) is 0.364. The van der Waals surface area contributed by atoms with Gasteiger partial charge in [0.15, 0.2) is 0 Å². The van der Waals surface area contributed by atoms with Crippen molar-refractivity contribution in [1.82, 2.24) is 0 Å². The average molecular weight is 178 g/mol. The van der Waals surface area contributed by atoms with Crippen LogP contribution in [0.25, 0.3) is 0 Å². The molecule has 1 aromatic carbocycles. The largest absolute Gasteiger partial charge is 0.384 e. The first-order valence-electron chi connectivity index (χ1n) is 4.53. The van der Waals surface area contributed by atoms with Crippen LogP contribution in [0.15, 0.2) is 29.3 Å². The van der Waals surface area contributed by atoms with E-state index in [2.05, 4.69) is 4.99 Å². The van der Waals surface area contributed by atoms with Gasteiger partial charge in [0.05, 0.1) is 0 Å². The van der Waals surface area contributed by atoms with E-state index >= 15 is 0 Å². The van der Waals surface area contributed by atoms with Crippen LogP contribution >= 0.6 is 0 Å². The van der Waals surface area contributed by atoms with Crippen LogP contribution in [0.1, 0.15) is 25.0 Å². The topological polar surface area (TPSA) is 38.4 Å². The molecular formula is C11H18N2. The highest BCUT2D eigenvalue weighted by molar-refractivity contribution is 5.97. The predicted octanol–water partition coefficient (Wildman–Crippen LogP) is 2.36. The van der Waals surface area contributed by atoms with Crippen molar-refractivity contribution in [3.05, 3.63) is 35.4 Å². The molecule has 0 aliphatic rings. The number of rotatable bonds is 1. The molecule has 2 nitrogen and oxygen atoms in total. The van der Waals surface area contributed by atoms with Crippen LogP contribution in [0.3, 0.4) is 0 Å². The summed E-state index contributed by atoms with van der Waals surface area (Å²) in [5.41, 5.74) is 7.81. The Morgan fingerprint density at radius 3 is 2.38 bits per heavy atom. The third-order valence-corrected chi connectivity index (χ3v) is 1.55.